The highest BCUT2D eigenvalue weighted by Gasteiger charge is 1.96. The van der Waals surface area contributed by atoms with E-state index in [0.717, 1.165) is 25.8 Å². The number of hydrogen-bond acceptors (Lipinski definition) is 2. The minimum absolute atomic E-state index is 0.330. The van der Waals surface area contributed by atoms with E-state index in [9.17, 15) is 4.79 Å². The van der Waals surface area contributed by atoms with Crippen molar-refractivity contribution in [3.05, 3.63) is 0 Å². The van der Waals surface area contributed by atoms with E-state index in [0.29, 0.717) is 12.3 Å². The van der Waals surface area contributed by atoms with Crippen LogP contribution in [0.2, 0.25) is 0 Å². The van der Waals surface area contributed by atoms with Gasteiger partial charge in [0.2, 0.25) is 0 Å². The molecule has 0 atom stereocenters. The molecule has 0 unspecified atom stereocenters. The molecule has 1 N–H and O–H groups in total. The van der Waals surface area contributed by atoms with Crippen molar-refractivity contribution in [1.82, 2.24) is 5.32 Å². The molecule has 0 aliphatic heterocycles. The molecule has 0 bridgehead atoms. The van der Waals surface area contributed by atoms with Crippen LogP contribution in [0.25, 0.3) is 0 Å². The molecule has 2 heteroatoms. The molecule has 0 aromatic heterocycles. The van der Waals surface area contributed by atoms with Gasteiger partial charge in [0.15, 0.2) is 0 Å². The van der Waals surface area contributed by atoms with E-state index < -0.39 is 0 Å². The number of rotatable bonds is 6. The third-order valence-corrected chi connectivity index (χ3v) is 1.28. The summed E-state index contributed by atoms with van der Waals surface area (Å²) >= 11 is 0. The first-order chi connectivity index (χ1) is 4.81. The van der Waals surface area contributed by atoms with Crippen LogP contribution in [0.3, 0.4) is 0 Å². The SMILES string of the molecule is CCCNCC(=O)CCC. The largest absolute Gasteiger partial charge is 0.310 e. The van der Waals surface area contributed by atoms with Gasteiger partial charge in [-0.15, -0.1) is 0 Å². The highest BCUT2D eigenvalue weighted by molar-refractivity contribution is 5.80. The maximum Gasteiger partial charge on any atom is 0.146 e. The Morgan fingerprint density at radius 3 is 2.50 bits per heavy atom. The smallest absolute Gasteiger partial charge is 0.146 e. The fourth-order valence-corrected chi connectivity index (χ4v) is 0.772. The Hall–Kier alpha value is -0.370. The Morgan fingerprint density at radius 2 is 2.00 bits per heavy atom. The first-order valence-electron chi connectivity index (χ1n) is 4.03. The summed E-state index contributed by atoms with van der Waals surface area (Å²) in [6.45, 7) is 5.63. The van der Waals surface area contributed by atoms with Crippen molar-refractivity contribution in [1.29, 1.82) is 0 Å². The van der Waals surface area contributed by atoms with Crippen LogP contribution in [0.1, 0.15) is 33.1 Å². The molecule has 0 heterocycles. The van der Waals surface area contributed by atoms with Gasteiger partial charge in [-0.05, 0) is 19.4 Å². The molecule has 0 aromatic carbocycles. The van der Waals surface area contributed by atoms with E-state index in [1.54, 1.807) is 0 Å². The first-order valence-corrected chi connectivity index (χ1v) is 4.03. The molecule has 0 aromatic rings. The summed E-state index contributed by atoms with van der Waals surface area (Å²) in [6.07, 6.45) is 2.78. The maximum atomic E-state index is 10.9. The van der Waals surface area contributed by atoms with Gasteiger partial charge >= 0.3 is 0 Å². The molecule has 0 spiro atoms. The molecular weight excluding hydrogens is 126 g/mol. The molecule has 0 rings (SSSR count). The van der Waals surface area contributed by atoms with E-state index in [1.807, 2.05) is 6.92 Å². The molecule has 0 aliphatic rings. The Bertz CT molecular complexity index is 91.3. The zero-order chi connectivity index (χ0) is 7.82. The Balaban J connectivity index is 3.05. The van der Waals surface area contributed by atoms with Crippen molar-refractivity contribution >= 4 is 5.78 Å². The molecule has 10 heavy (non-hydrogen) atoms. The van der Waals surface area contributed by atoms with E-state index in [-0.39, 0.29) is 0 Å². The average Bonchev–Trinajstić information content (AvgIpc) is 1.89. The second-order valence-corrected chi connectivity index (χ2v) is 2.47. The van der Waals surface area contributed by atoms with Crippen LogP contribution in [-0.4, -0.2) is 18.9 Å². The highest BCUT2D eigenvalue weighted by Crippen LogP contribution is 1.86. The second kappa shape index (κ2) is 6.75. The summed E-state index contributed by atoms with van der Waals surface area (Å²) in [5, 5.41) is 3.07. The van der Waals surface area contributed by atoms with Gasteiger partial charge in [-0.2, -0.15) is 0 Å². The average molecular weight is 143 g/mol. The second-order valence-electron chi connectivity index (χ2n) is 2.47. The van der Waals surface area contributed by atoms with Crippen molar-refractivity contribution in [2.75, 3.05) is 13.1 Å². The predicted octanol–water partition coefficient (Wildman–Crippen LogP) is 1.36. The topological polar surface area (TPSA) is 29.1 Å². The van der Waals surface area contributed by atoms with Crippen molar-refractivity contribution in [2.24, 2.45) is 0 Å². The number of nitrogens with one attached hydrogen (secondary N) is 1. The van der Waals surface area contributed by atoms with Gasteiger partial charge < -0.3 is 5.32 Å². The van der Waals surface area contributed by atoms with Crippen LogP contribution in [0.4, 0.5) is 0 Å². The summed E-state index contributed by atoms with van der Waals surface area (Å²) in [6, 6.07) is 0. The van der Waals surface area contributed by atoms with E-state index >= 15 is 0 Å². The standard InChI is InChI=1S/C8H17NO/c1-3-5-8(10)7-9-6-4-2/h9H,3-7H2,1-2H3. The monoisotopic (exact) mass is 143 g/mol. The van der Waals surface area contributed by atoms with Crippen molar-refractivity contribution in [3.63, 3.8) is 0 Å². The third-order valence-electron chi connectivity index (χ3n) is 1.28. The van der Waals surface area contributed by atoms with Crippen LogP contribution < -0.4 is 5.32 Å². The zero-order valence-corrected chi connectivity index (χ0v) is 6.94. The summed E-state index contributed by atoms with van der Waals surface area (Å²) in [5.41, 5.74) is 0. The van der Waals surface area contributed by atoms with Crippen molar-refractivity contribution in [3.8, 4) is 0 Å². The molecule has 2 nitrogen and oxygen atoms in total. The van der Waals surface area contributed by atoms with E-state index in [4.69, 9.17) is 0 Å². The minimum Gasteiger partial charge on any atom is -0.310 e. The minimum atomic E-state index is 0.330. The lowest BCUT2D eigenvalue weighted by atomic mass is 10.2. The van der Waals surface area contributed by atoms with E-state index in [2.05, 4.69) is 12.2 Å². The fraction of sp³-hybridized carbons (Fsp3) is 0.875. The number of Topliss-reactive ketones (excluding diaryl/α,β-unsaturated/α-hetero) is 1. The van der Waals surface area contributed by atoms with Crippen molar-refractivity contribution in [2.45, 2.75) is 33.1 Å². The Morgan fingerprint density at radius 1 is 1.30 bits per heavy atom. The van der Waals surface area contributed by atoms with Gasteiger partial charge in [0, 0.05) is 6.42 Å². The Kier molecular flexibility index (Phi) is 6.50. The van der Waals surface area contributed by atoms with Gasteiger partial charge in [0.05, 0.1) is 6.54 Å². The lowest BCUT2D eigenvalue weighted by molar-refractivity contribution is -0.118. The number of carbonyl (C=O) groups is 1. The van der Waals surface area contributed by atoms with Gasteiger partial charge in [0.1, 0.15) is 5.78 Å². The highest BCUT2D eigenvalue weighted by atomic mass is 16.1. The molecule has 0 fully saturated rings. The normalized spacial score (nSPS) is 9.80. The lowest BCUT2D eigenvalue weighted by Gasteiger charge is -1.99. The van der Waals surface area contributed by atoms with Crippen LogP contribution in [0.5, 0.6) is 0 Å². The fourth-order valence-electron chi connectivity index (χ4n) is 0.772. The predicted molar refractivity (Wildman–Crippen MR) is 43.1 cm³/mol. The quantitative estimate of drug-likeness (QED) is 0.569. The molecule has 0 amide bonds. The molecule has 0 radical (unpaired) electrons. The summed E-state index contributed by atoms with van der Waals surface area (Å²) in [5.74, 6) is 0.330. The molecular formula is C8H17NO. The van der Waals surface area contributed by atoms with Crippen LogP contribution >= 0.6 is 0 Å². The van der Waals surface area contributed by atoms with E-state index in [1.165, 1.54) is 0 Å². The molecule has 60 valence electrons. The molecule has 0 saturated carbocycles. The van der Waals surface area contributed by atoms with Gasteiger partial charge in [-0.25, -0.2) is 0 Å². The van der Waals surface area contributed by atoms with Gasteiger partial charge in [-0.3, -0.25) is 4.79 Å². The summed E-state index contributed by atoms with van der Waals surface area (Å²) in [4.78, 5) is 10.9. The molecule has 0 aliphatic carbocycles. The summed E-state index contributed by atoms with van der Waals surface area (Å²) < 4.78 is 0. The third kappa shape index (κ3) is 5.76. The number of hydrogen-bond donors (Lipinski definition) is 1. The summed E-state index contributed by atoms with van der Waals surface area (Å²) in [7, 11) is 0. The Labute approximate surface area is 63.0 Å². The van der Waals surface area contributed by atoms with Gasteiger partial charge in [0.25, 0.3) is 0 Å². The van der Waals surface area contributed by atoms with Crippen LogP contribution in [-0.2, 0) is 4.79 Å². The number of carbonyl (C=O) groups excluding carboxylic acids is 1. The van der Waals surface area contributed by atoms with Crippen molar-refractivity contribution < 1.29 is 4.79 Å². The zero-order valence-electron chi connectivity index (χ0n) is 6.94. The number of ketones is 1. The van der Waals surface area contributed by atoms with Crippen LogP contribution in [0.15, 0.2) is 0 Å². The lowest BCUT2D eigenvalue weighted by Crippen LogP contribution is -2.23. The van der Waals surface area contributed by atoms with Gasteiger partial charge in [-0.1, -0.05) is 13.8 Å². The molecule has 0 saturated heterocycles. The first kappa shape index (κ1) is 9.63. The van der Waals surface area contributed by atoms with Crippen LogP contribution in [0, 0.1) is 0 Å². The maximum absolute atomic E-state index is 10.9.